The van der Waals surface area contributed by atoms with Gasteiger partial charge in [0.15, 0.2) is 0 Å². The maximum atomic E-state index is 6.55. The van der Waals surface area contributed by atoms with E-state index in [4.69, 9.17) is 4.42 Å². The number of thiophene rings is 1. The molecule has 0 amide bonds. The molecule has 0 N–H and O–H groups in total. The molecule has 256 valence electrons. The first-order chi connectivity index (χ1) is 26.6. The molecule has 0 saturated heterocycles. The Labute approximate surface area is 318 Å². The zero-order valence-corrected chi connectivity index (χ0v) is 30.8. The van der Waals surface area contributed by atoms with Crippen molar-refractivity contribution >= 4 is 70.5 Å². The molecule has 0 saturated carbocycles. The van der Waals surface area contributed by atoms with Crippen LogP contribution in [0.25, 0.3) is 75.5 Å². The number of furan rings is 1. The average molecular weight is 710 g/mol. The molecule has 1 aliphatic carbocycles. The van der Waals surface area contributed by atoms with Crippen LogP contribution in [-0.4, -0.2) is 0 Å². The van der Waals surface area contributed by atoms with Gasteiger partial charge in [0.1, 0.15) is 11.2 Å². The van der Waals surface area contributed by atoms with Gasteiger partial charge in [0.25, 0.3) is 0 Å². The van der Waals surface area contributed by atoms with Crippen LogP contribution in [0, 0.1) is 0 Å². The second-order valence-corrected chi connectivity index (χ2v) is 15.9. The summed E-state index contributed by atoms with van der Waals surface area (Å²) in [6.45, 7) is 4.71. The van der Waals surface area contributed by atoms with Gasteiger partial charge in [-0.3, -0.25) is 0 Å². The van der Waals surface area contributed by atoms with E-state index in [1.807, 2.05) is 17.4 Å². The third-order valence-corrected chi connectivity index (χ3v) is 12.7. The molecule has 0 spiro atoms. The van der Waals surface area contributed by atoms with E-state index in [-0.39, 0.29) is 5.41 Å². The predicted octanol–water partition coefficient (Wildman–Crippen LogP) is 15.1. The van der Waals surface area contributed by atoms with E-state index < -0.39 is 0 Å². The van der Waals surface area contributed by atoms with Crippen molar-refractivity contribution in [1.82, 2.24) is 0 Å². The van der Waals surface area contributed by atoms with Gasteiger partial charge in [-0.15, -0.1) is 11.3 Å². The molecule has 0 unspecified atom stereocenters. The Morgan fingerprint density at radius 3 is 2.04 bits per heavy atom. The minimum atomic E-state index is -0.0920. The van der Waals surface area contributed by atoms with E-state index >= 15 is 0 Å². The summed E-state index contributed by atoms with van der Waals surface area (Å²) in [6.07, 6.45) is 0. The standard InChI is InChI=1S/C51H35NOS/c1-51(2)42-25-7-3-20-41(42)48-38(22-13-26-43(48)51)35-17-4-8-27-44(35)52(45-28-14-24-40-37-19-6-10-30-47(37)54-50(40)45)33-16-11-15-32(31-33)34-21-12-23-39-36-18-5-9-29-46(36)53-49(34)39/h3-31H,1-2H3. The lowest BCUT2D eigenvalue weighted by Crippen LogP contribution is -2.15. The van der Waals surface area contributed by atoms with Gasteiger partial charge in [0.2, 0.25) is 0 Å². The molecule has 10 aromatic rings. The number of hydrogen-bond acceptors (Lipinski definition) is 3. The van der Waals surface area contributed by atoms with Gasteiger partial charge in [0, 0.05) is 48.5 Å². The summed E-state index contributed by atoms with van der Waals surface area (Å²) < 4.78 is 9.11. The minimum absolute atomic E-state index is 0.0920. The third-order valence-electron chi connectivity index (χ3n) is 11.5. The Bertz CT molecular complexity index is 3110. The monoisotopic (exact) mass is 709 g/mol. The first-order valence-corrected chi connectivity index (χ1v) is 19.4. The highest BCUT2D eigenvalue weighted by Crippen LogP contribution is 2.54. The first-order valence-electron chi connectivity index (χ1n) is 18.6. The Morgan fingerprint density at radius 1 is 0.481 bits per heavy atom. The summed E-state index contributed by atoms with van der Waals surface area (Å²) in [5.74, 6) is 0. The Balaban J connectivity index is 1.18. The van der Waals surface area contributed by atoms with Crippen molar-refractivity contribution < 1.29 is 4.42 Å². The SMILES string of the molecule is CC1(C)c2ccccc2-c2c(-c3ccccc3N(c3cccc(-c4cccc5c4oc4ccccc45)c3)c3cccc4c3sc3ccccc34)cccc21. The van der Waals surface area contributed by atoms with Crippen LogP contribution in [0.5, 0.6) is 0 Å². The zero-order valence-electron chi connectivity index (χ0n) is 30.0. The lowest BCUT2D eigenvalue weighted by Gasteiger charge is -2.29. The van der Waals surface area contributed by atoms with Gasteiger partial charge in [0.05, 0.1) is 16.1 Å². The summed E-state index contributed by atoms with van der Waals surface area (Å²) in [5, 5.41) is 4.83. The second-order valence-electron chi connectivity index (χ2n) is 14.8. The molecule has 3 heteroatoms. The van der Waals surface area contributed by atoms with Gasteiger partial charge in [-0.1, -0.05) is 153 Å². The van der Waals surface area contributed by atoms with Crippen molar-refractivity contribution in [3.05, 3.63) is 187 Å². The summed E-state index contributed by atoms with van der Waals surface area (Å²) >= 11 is 1.87. The summed E-state index contributed by atoms with van der Waals surface area (Å²) in [4.78, 5) is 2.49. The summed E-state index contributed by atoms with van der Waals surface area (Å²) in [5.41, 5.74) is 15.2. The molecule has 0 atom stereocenters. The topological polar surface area (TPSA) is 16.4 Å². The molecular formula is C51H35NOS. The van der Waals surface area contributed by atoms with E-state index in [1.54, 1.807) is 0 Å². The number of para-hydroxylation sites is 3. The number of benzene rings is 8. The van der Waals surface area contributed by atoms with Crippen molar-refractivity contribution in [3.8, 4) is 33.4 Å². The molecule has 0 fully saturated rings. The molecule has 0 bridgehead atoms. The predicted molar refractivity (Wildman–Crippen MR) is 230 cm³/mol. The van der Waals surface area contributed by atoms with E-state index in [9.17, 15) is 0 Å². The van der Waals surface area contributed by atoms with Crippen LogP contribution in [-0.2, 0) is 5.41 Å². The van der Waals surface area contributed by atoms with Gasteiger partial charge < -0.3 is 9.32 Å². The maximum absolute atomic E-state index is 6.55. The van der Waals surface area contributed by atoms with Crippen LogP contribution in [0.3, 0.4) is 0 Å². The van der Waals surface area contributed by atoms with Crippen molar-refractivity contribution in [2.75, 3.05) is 4.90 Å². The summed E-state index contributed by atoms with van der Waals surface area (Å²) in [6, 6.07) is 64.1. The van der Waals surface area contributed by atoms with Crippen LogP contribution in [0.2, 0.25) is 0 Å². The molecular weight excluding hydrogens is 675 g/mol. The summed E-state index contributed by atoms with van der Waals surface area (Å²) in [7, 11) is 0. The van der Waals surface area contributed by atoms with Crippen LogP contribution in [0.4, 0.5) is 17.1 Å². The van der Waals surface area contributed by atoms with Gasteiger partial charge >= 0.3 is 0 Å². The Kier molecular flexibility index (Phi) is 6.80. The number of hydrogen-bond donors (Lipinski definition) is 0. The van der Waals surface area contributed by atoms with Crippen molar-refractivity contribution in [2.45, 2.75) is 19.3 Å². The smallest absolute Gasteiger partial charge is 0.143 e. The van der Waals surface area contributed by atoms with Crippen molar-refractivity contribution in [2.24, 2.45) is 0 Å². The highest BCUT2D eigenvalue weighted by Gasteiger charge is 2.37. The number of nitrogens with zero attached hydrogens (tertiary/aromatic N) is 1. The number of rotatable bonds is 5. The lowest BCUT2D eigenvalue weighted by molar-refractivity contribution is 0.660. The molecule has 2 nitrogen and oxygen atoms in total. The molecule has 1 aliphatic rings. The average Bonchev–Trinajstić information content (AvgIpc) is 3.87. The Morgan fingerprint density at radius 2 is 1.11 bits per heavy atom. The largest absolute Gasteiger partial charge is 0.455 e. The van der Waals surface area contributed by atoms with Gasteiger partial charge in [-0.05, 0) is 69.8 Å². The molecule has 11 rings (SSSR count). The van der Waals surface area contributed by atoms with Crippen LogP contribution >= 0.6 is 11.3 Å². The molecule has 2 heterocycles. The fourth-order valence-electron chi connectivity index (χ4n) is 8.98. The minimum Gasteiger partial charge on any atom is -0.455 e. The van der Waals surface area contributed by atoms with E-state index in [0.717, 1.165) is 50.1 Å². The van der Waals surface area contributed by atoms with Crippen molar-refractivity contribution in [1.29, 1.82) is 0 Å². The first kappa shape index (κ1) is 31.1. The second kappa shape index (κ2) is 11.8. The van der Waals surface area contributed by atoms with Gasteiger partial charge in [-0.25, -0.2) is 0 Å². The molecule has 0 aliphatic heterocycles. The number of fused-ring (bicyclic) bond motifs is 9. The van der Waals surface area contributed by atoms with E-state index in [0.29, 0.717) is 0 Å². The quantitative estimate of drug-likeness (QED) is 0.177. The molecule has 2 aromatic heterocycles. The normalized spacial score (nSPS) is 13.1. The van der Waals surface area contributed by atoms with Crippen LogP contribution in [0.1, 0.15) is 25.0 Å². The zero-order chi connectivity index (χ0) is 36.0. The van der Waals surface area contributed by atoms with Gasteiger partial charge in [-0.2, -0.15) is 0 Å². The van der Waals surface area contributed by atoms with Crippen molar-refractivity contribution in [3.63, 3.8) is 0 Å². The van der Waals surface area contributed by atoms with Crippen LogP contribution < -0.4 is 4.90 Å². The lowest BCUT2D eigenvalue weighted by atomic mass is 9.82. The van der Waals surface area contributed by atoms with Crippen LogP contribution in [0.15, 0.2) is 180 Å². The highest BCUT2D eigenvalue weighted by molar-refractivity contribution is 7.26. The maximum Gasteiger partial charge on any atom is 0.143 e. The molecule has 8 aromatic carbocycles. The molecule has 54 heavy (non-hydrogen) atoms. The Hall–Kier alpha value is -6.42. The fourth-order valence-corrected chi connectivity index (χ4v) is 10.2. The molecule has 0 radical (unpaired) electrons. The highest BCUT2D eigenvalue weighted by atomic mass is 32.1. The third kappa shape index (κ3) is 4.52. The number of anilines is 3. The fraction of sp³-hybridized carbons (Fsp3) is 0.0588. The van der Waals surface area contributed by atoms with E-state index in [1.165, 1.54) is 53.6 Å². The van der Waals surface area contributed by atoms with E-state index in [2.05, 4.69) is 189 Å².